The predicted molar refractivity (Wildman–Crippen MR) is 115 cm³/mol. The molecule has 0 radical (unpaired) electrons. The third-order valence-corrected chi connectivity index (χ3v) is 5.45. The summed E-state index contributed by atoms with van der Waals surface area (Å²) in [6, 6.07) is 15.2. The standard InChI is InChI=1S/C22H21N3O3S/c1-3-4-13-28-17-11-7-5-9-15(17)14-19-21(26)25-22(29-19)23-20(24-25)16-10-6-8-12-18(16)27-2/h5-12,14H,3-4,13H2,1-2H3/b19-14-. The molecule has 0 saturated heterocycles. The summed E-state index contributed by atoms with van der Waals surface area (Å²) in [6.45, 7) is 2.78. The third kappa shape index (κ3) is 3.86. The first-order chi connectivity index (χ1) is 14.2. The molecule has 6 nitrogen and oxygen atoms in total. The summed E-state index contributed by atoms with van der Waals surface area (Å²) in [4.78, 5) is 18.0. The van der Waals surface area contributed by atoms with Crippen molar-refractivity contribution in [2.45, 2.75) is 19.8 Å². The smallest absolute Gasteiger partial charge is 0.291 e. The molecular weight excluding hydrogens is 386 g/mol. The first-order valence-corrected chi connectivity index (χ1v) is 10.3. The first-order valence-electron chi connectivity index (χ1n) is 9.47. The van der Waals surface area contributed by atoms with Gasteiger partial charge in [0.2, 0.25) is 4.96 Å². The molecule has 4 aromatic rings. The molecule has 0 amide bonds. The number of unbranched alkanes of at least 4 members (excludes halogenated alkanes) is 1. The highest BCUT2D eigenvalue weighted by Gasteiger charge is 2.15. The lowest BCUT2D eigenvalue weighted by atomic mass is 10.2. The maximum Gasteiger partial charge on any atom is 0.291 e. The molecule has 0 spiro atoms. The van der Waals surface area contributed by atoms with Crippen molar-refractivity contribution in [3.63, 3.8) is 0 Å². The normalized spacial score (nSPS) is 11.9. The molecule has 0 N–H and O–H groups in total. The quantitative estimate of drug-likeness (QED) is 0.438. The zero-order valence-corrected chi connectivity index (χ0v) is 17.1. The molecule has 2 aromatic carbocycles. The van der Waals surface area contributed by atoms with Crippen LogP contribution in [0.5, 0.6) is 11.5 Å². The van der Waals surface area contributed by atoms with Gasteiger partial charge in [-0.25, -0.2) is 0 Å². The summed E-state index contributed by atoms with van der Waals surface area (Å²) in [5.41, 5.74) is 1.43. The van der Waals surface area contributed by atoms with Gasteiger partial charge in [0.15, 0.2) is 5.82 Å². The Kier molecular flexibility index (Phi) is 5.57. The number of nitrogens with zero attached hydrogens (tertiary/aromatic N) is 3. The number of aromatic nitrogens is 3. The minimum atomic E-state index is -0.193. The lowest BCUT2D eigenvalue weighted by molar-refractivity contribution is 0.309. The maximum absolute atomic E-state index is 12.9. The molecule has 2 heterocycles. The fourth-order valence-corrected chi connectivity index (χ4v) is 3.87. The van der Waals surface area contributed by atoms with Gasteiger partial charge in [0.05, 0.1) is 23.8 Å². The van der Waals surface area contributed by atoms with Crippen molar-refractivity contribution in [1.82, 2.24) is 14.6 Å². The minimum absolute atomic E-state index is 0.193. The van der Waals surface area contributed by atoms with Crippen LogP contribution in [0.15, 0.2) is 53.3 Å². The van der Waals surface area contributed by atoms with Crippen LogP contribution >= 0.6 is 11.3 Å². The fourth-order valence-electron chi connectivity index (χ4n) is 2.98. The molecule has 148 valence electrons. The van der Waals surface area contributed by atoms with Crippen molar-refractivity contribution < 1.29 is 9.47 Å². The number of hydrogen-bond acceptors (Lipinski definition) is 6. The zero-order chi connectivity index (χ0) is 20.2. The summed E-state index contributed by atoms with van der Waals surface area (Å²) in [5, 5.41) is 4.41. The van der Waals surface area contributed by atoms with Crippen LogP contribution < -0.4 is 19.6 Å². The van der Waals surface area contributed by atoms with Crippen LogP contribution in [-0.4, -0.2) is 28.3 Å². The lowest BCUT2D eigenvalue weighted by Crippen LogP contribution is -2.23. The second kappa shape index (κ2) is 8.45. The Labute approximate surface area is 172 Å². The Hall–Kier alpha value is -3.19. The Balaban J connectivity index is 1.73. The second-order valence-electron chi connectivity index (χ2n) is 6.49. The molecule has 0 bridgehead atoms. The van der Waals surface area contributed by atoms with Gasteiger partial charge in [-0.15, -0.1) is 5.10 Å². The van der Waals surface area contributed by atoms with E-state index in [0.717, 1.165) is 29.7 Å². The van der Waals surface area contributed by atoms with Gasteiger partial charge in [-0.2, -0.15) is 9.50 Å². The van der Waals surface area contributed by atoms with Crippen LogP contribution in [0.4, 0.5) is 0 Å². The van der Waals surface area contributed by atoms with Gasteiger partial charge in [-0.1, -0.05) is 55.0 Å². The van der Waals surface area contributed by atoms with Crippen LogP contribution in [0, 0.1) is 0 Å². The predicted octanol–water partition coefficient (Wildman–Crippen LogP) is 3.55. The number of fused-ring (bicyclic) bond motifs is 1. The molecule has 0 aliphatic carbocycles. The molecule has 0 saturated carbocycles. The second-order valence-corrected chi connectivity index (χ2v) is 7.49. The van der Waals surface area contributed by atoms with Crippen LogP contribution in [0.2, 0.25) is 0 Å². The van der Waals surface area contributed by atoms with E-state index in [-0.39, 0.29) is 5.56 Å². The molecule has 0 fully saturated rings. The highest BCUT2D eigenvalue weighted by molar-refractivity contribution is 7.15. The molecule has 4 rings (SSSR count). The Morgan fingerprint density at radius 1 is 1.10 bits per heavy atom. The van der Waals surface area contributed by atoms with E-state index in [1.807, 2.05) is 54.6 Å². The summed E-state index contributed by atoms with van der Waals surface area (Å²) in [5.74, 6) is 1.91. The number of benzene rings is 2. The molecule has 0 atom stereocenters. The van der Waals surface area contributed by atoms with E-state index in [9.17, 15) is 4.79 Å². The Morgan fingerprint density at radius 3 is 2.62 bits per heavy atom. The number of hydrogen-bond donors (Lipinski definition) is 0. The van der Waals surface area contributed by atoms with Crippen LogP contribution in [0.3, 0.4) is 0 Å². The highest BCUT2D eigenvalue weighted by Crippen LogP contribution is 2.27. The molecule has 0 unspecified atom stereocenters. The van der Waals surface area contributed by atoms with Crippen molar-refractivity contribution in [1.29, 1.82) is 0 Å². The monoisotopic (exact) mass is 407 g/mol. The number of para-hydroxylation sites is 2. The van der Waals surface area contributed by atoms with Gasteiger partial charge in [-0.05, 0) is 30.7 Å². The van der Waals surface area contributed by atoms with Crippen LogP contribution in [-0.2, 0) is 0 Å². The molecule has 0 aliphatic heterocycles. The van der Waals surface area contributed by atoms with Crippen molar-refractivity contribution in [2.75, 3.05) is 13.7 Å². The van der Waals surface area contributed by atoms with E-state index in [2.05, 4.69) is 17.0 Å². The fraction of sp³-hybridized carbons (Fsp3) is 0.227. The average molecular weight is 407 g/mol. The van der Waals surface area contributed by atoms with Gasteiger partial charge in [-0.3, -0.25) is 4.79 Å². The average Bonchev–Trinajstić information content (AvgIpc) is 3.29. The lowest BCUT2D eigenvalue weighted by Gasteiger charge is -2.07. The SMILES string of the molecule is CCCCOc1ccccc1/C=c1\sc2nc(-c3ccccc3OC)nn2c1=O. The van der Waals surface area contributed by atoms with E-state index < -0.39 is 0 Å². The number of rotatable bonds is 7. The van der Waals surface area contributed by atoms with E-state index in [1.165, 1.54) is 15.9 Å². The Bertz CT molecular complexity index is 1250. The van der Waals surface area contributed by atoms with Gasteiger partial charge in [0.1, 0.15) is 11.5 Å². The number of methoxy groups -OCH3 is 1. The van der Waals surface area contributed by atoms with E-state index in [4.69, 9.17) is 9.47 Å². The summed E-state index contributed by atoms with van der Waals surface area (Å²) in [6.07, 6.45) is 3.90. The molecule has 29 heavy (non-hydrogen) atoms. The van der Waals surface area contributed by atoms with Crippen molar-refractivity contribution >= 4 is 22.4 Å². The van der Waals surface area contributed by atoms with Crippen molar-refractivity contribution in [2.24, 2.45) is 0 Å². The van der Waals surface area contributed by atoms with E-state index >= 15 is 0 Å². The first kappa shape index (κ1) is 19.1. The summed E-state index contributed by atoms with van der Waals surface area (Å²) < 4.78 is 13.2. The summed E-state index contributed by atoms with van der Waals surface area (Å²) >= 11 is 1.31. The van der Waals surface area contributed by atoms with Gasteiger partial charge in [0.25, 0.3) is 5.56 Å². The molecular formula is C22H21N3O3S. The molecule has 0 aliphatic rings. The zero-order valence-electron chi connectivity index (χ0n) is 16.3. The minimum Gasteiger partial charge on any atom is -0.496 e. The van der Waals surface area contributed by atoms with Crippen molar-refractivity contribution in [3.05, 3.63) is 69.0 Å². The highest BCUT2D eigenvalue weighted by atomic mass is 32.1. The number of thiazole rings is 1. The van der Waals surface area contributed by atoms with Crippen LogP contribution in [0.25, 0.3) is 22.4 Å². The largest absolute Gasteiger partial charge is 0.496 e. The van der Waals surface area contributed by atoms with Crippen LogP contribution in [0.1, 0.15) is 25.3 Å². The molecule has 2 aromatic heterocycles. The Morgan fingerprint density at radius 2 is 1.86 bits per heavy atom. The topological polar surface area (TPSA) is 65.7 Å². The van der Waals surface area contributed by atoms with Gasteiger partial charge < -0.3 is 9.47 Å². The van der Waals surface area contributed by atoms with Crippen molar-refractivity contribution in [3.8, 4) is 22.9 Å². The number of ether oxygens (including phenoxy) is 2. The van der Waals surface area contributed by atoms with Gasteiger partial charge in [0, 0.05) is 5.56 Å². The third-order valence-electron chi connectivity index (χ3n) is 4.49. The van der Waals surface area contributed by atoms with E-state index in [1.54, 1.807) is 7.11 Å². The summed E-state index contributed by atoms with van der Waals surface area (Å²) in [7, 11) is 1.60. The maximum atomic E-state index is 12.9. The van der Waals surface area contributed by atoms with Gasteiger partial charge >= 0.3 is 0 Å². The van der Waals surface area contributed by atoms with E-state index in [0.29, 0.717) is 27.7 Å². The molecule has 7 heteroatoms.